The van der Waals surface area contributed by atoms with Gasteiger partial charge in [0.2, 0.25) is 0 Å². The highest BCUT2D eigenvalue weighted by Gasteiger charge is 2.45. The van der Waals surface area contributed by atoms with Crippen LogP contribution in [-0.2, 0) is 0 Å². The summed E-state index contributed by atoms with van der Waals surface area (Å²) in [6.07, 6.45) is 34.9. The number of aliphatic hydroxyl groups is 8. The third-order valence-corrected chi connectivity index (χ3v) is 25.0. The number of aliphatic hydroxyl groups excluding tert-OH is 7. The average Bonchev–Trinajstić information content (AvgIpc) is 1.63. The van der Waals surface area contributed by atoms with Crippen LogP contribution in [0.3, 0.4) is 0 Å². The molecular formula is C85H90N30O10. The third-order valence-electron chi connectivity index (χ3n) is 25.0. The van der Waals surface area contributed by atoms with Crippen LogP contribution in [0.4, 0.5) is 0 Å². The number of nitriles is 5. The zero-order chi connectivity index (χ0) is 87.0. The molecule has 0 saturated heterocycles. The fraction of sp³-hybridized carbons (Fsp3) is 0.412. The summed E-state index contributed by atoms with van der Waals surface area (Å²) in [5.41, 5.74) is 8.64. The second kappa shape index (κ2) is 37.3. The van der Waals surface area contributed by atoms with Crippen molar-refractivity contribution in [2.45, 2.75) is 194 Å². The molecular weight excluding hydrogens is 1600 g/mol. The molecule has 5 aliphatic carbocycles. The Morgan fingerprint density at radius 3 is 1.18 bits per heavy atom. The molecule has 40 heteroatoms. The normalized spacial score (nSPS) is 22.5. The van der Waals surface area contributed by atoms with Crippen molar-refractivity contribution < 1.29 is 40.9 Å². The zero-order valence-corrected chi connectivity index (χ0v) is 67.4. The molecule has 0 bridgehead atoms. The molecule has 5 fully saturated rings. The van der Waals surface area contributed by atoms with Gasteiger partial charge in [0.1, 0.15) is 59.9 Å². The van der Waals surface area contributed by atoms with Crippen molar-refractivity contribution in [1.82, 2.24) is 124 Å². The number of nitrogens with zero attached hydrogens (tertiary/aromatic N) is 23. The molecule has 20 rings (SSSR count). The van der Waals surface area contributed by atoms with Gasteiger partial charge in [-0.3, -0.25) is 23.6 Å². The van der Waals surface area contributed by atoms with Gasteiger partial charge in [-0.05, 0) is 94.5 Å². The number of rotatable bonds is 20. The maximum absolute atomic E-state index is 13.0. The van der Waals surface area contributed by atoms with Crippen LogP contribution >= 0.6 is 0 Å². The van der Waals surface area contributed by atoms with E-state index in [-0.39, 0.29) is 85.1 Å². The van der Waals surface area contributed by atoms with Gasteiger partial charge in [-0.25, -0.2) is 59.2 Å². The van der Waals surface area contributed by atoms with Gasteiger partial charge in [0.25, 0.3) is 11.1 Å². The molecule has 15 N–H and O–H groups in total. The number of H-pyrrole nitrogens is 7. The van der Waals surface area contributed by atoms with Crippen molar-refractivity contribution in [1.29, 1.82) is 26.3 Å². The number of fused-ring (bicyclic) bond motifs is 5. The first kappa shape index (κ1) is 84.5. The summed E-state index contributed by atoms with van der Waals surface area (Å²) < 4.78 is 7.94. The van der Waals surface area contributed by atoms with E-state index in [1.807, 2.05) is 61.3 Å². The van der Waals surface area contributed by atoms with Gasteiger partial charge in [0.05, 0.1) is 199 Å². The number of hydrogen-bond donors (Lipinski definition) is 15. The number of nitrogens with one attached hydrogen (secondary N) is 7. The van der Waals surface area contributed by atoms with Crippen molar-refractivity contribution in [3.63, 3.8) is 0 Å². The van der Waals surface area contributed by atoms with Gasteiger partial charge in [-0.2, -0.15) is 41.6 Å². The Labute approximate surface area is 710 Å². The molecule has 0 aliphatic heterocycles. The summed E-state index contributed by atoms with van der Waals surface area (Å²) in [4.78, 5) is 83.5. The van der Waals surface area contributed by atoms with Crippen LogP contribution in [0, 0.1) is 80.3 Å². The summed E-state index contributed by atoms with van der Waals surface area (Å²) in [5, 5.41) is 151. The predicted molar refractivity (Wildman–Crippen MR) is 449 cm³/mol. The summed E-state index contributed by atoms with van der Waals surface area (Å²) in [7, 11) is 0. The lowest BCUT2D eigenvalue weighted by atomic mass is 9.90. The molecule has 5 aliphatic rings. The van der Waals surface area contributed by atoms with Crippen LogP contribution in [-0.4, -0.2) is 213 Å². The minimum atomic E-state index is -1.03. The maximum Gasteiger partial charge on any atom is 0.276 e. The Morgan fingerprint density at radius 2 is 0.784 bits per heavy atom. The van der Waals surface area contributed by atoms with Gasteiger partial charge in [-0.15, -0.1) is 0 Å². The topological polar surface area (TPSA) is 618 Å². The zero-order valence-electron chi connectivity index (χ0n) is 67.4. The van der Waals surface area contributed by atoms with E-state index in [2.05, 4.69) is 131 Å². The van der Waals surface area contributed by atoms with E-state index in [0.717, 1.165) is 103 Å². The van der Waals surface area contributed by atoms with E-state index in [0.29, 0.717) is 91.6 Å². The van der Waals surface area contributed by atoms with E-state index in [9.17, 15) is 76.8 Å². The molecule has 15 heterocycles. The largest absolute Gasteiger partial charge is 0.393 e. The maximum atomic E-state index is 13.0. The minimum Gasteiger partial charge on any atom is -0.393 e. The summed E-state index contributed by atoms with van der Waals surface area (Å²) in [6, 6.07) is 18.2. The van der Waals surface area contributed by atoms with Crippen molar-refractivity contribution >= 4 is 55.2 Å². The Balaban J connectivity index is 0.000000115. The molecule has 0 spiro atoms. The molecule has 15 aromatic rings. The van der Waals surface area contributed by atoms with Crippen LogP contribution in [0.5, 0.6) is 0 Å². The lowest BCUT2D eigenvalue weighted by molar-refractivity contribution is -0.0102. The first-order valence-corrected chi connectivity index (χ1v) is 41.4. The van der Waals surface area contributed by atoms with Crippen LogP contribution < -0.4 is 11.1 Å². The Morgan fingerprint density at radius 1 is 0.400 bits per heavy atom. The quantitative estimate of drug-likeness (QED) is 0.0345. The molecule has 125 heavy (non-hydrogen) atoms. The Kier molecular flexibility index (Phi) is 25.2. The number of aromatic amines is 7. The Bertz CT molecular complexity index is 6450. The highest BCUT2D eigenvalue weighted by Crippen LogP contribution is 2.44. The fourth-order valence-electron chi connectivity index (χ4n) is 18.8. The minimum absolute atomic E-state index is 0.0691. The second-order valence-electron chi connectivity index (χ2n) is 32.2. The molecule has 15 atom stereocenters. The van der Waals surface area contributed by atoms with E-state index in [4.69, 9.17) is 0 Å². The molecule has 0 radical (unpaired) electrons. The van der Waals surface area contributed by atoms with Crippen LogP contribution in [0.2, 0.25) is 0 Å². The number of aromatic nitrogens is 25. The predicted octanol–water partition coefficient (Wildman–Crippen LogP) is 7.83. The van der Waals surface area contributed by atoms with Crippen LogP contribution in [0.15, 0.2) is 152 Å². The molecule has 0 aromatic carbocycles. The monoisotopic (exact) mass is 1690 g/mol. The van der Waals surface area contributed by atoms with Gasteiger partial charge in [0.15, 0.2) is 0 Å². The Hall–Kier alpha value is -14.1. The van der Waals surface area contributed by atoms with E-state index in [1.165, 1.54) is 41.0 Å². The highest BCUT2D eigenvalue weighted by atomic mass is 16.3. The molecule has 15 unspecified atom stereocenters. The molecule has 5 saturated carbocycles. The van der Waals surface area contributed by atoms with Crippen molar-refractivity contribution in [2.24, 2.45) is 23.7 Å². The summed E-state index contributed by atoms with van der Waals surface area (Å²) in [6.45, 7) is 0. The lowest BCUT2D eigenvalue weighted by Gasteiger charge is -2.31. The highest BCUT2D eigenvalue weighted by molar-refractivity contribution is 5.93. The lowest BCUT2D eigenvalue weighted by Crippen LogP contribution is -2.41. The first-order chi connectivity index (χ1) is 60.9. The smallest absolute Gasteiger partial charge is 0.276 e. The van der Waals surface area contributed by atoms with Crippen molar-refractivity contribution in [3.8, 4) is 86.6 Å². The van der Waals surface area contributed by atoms with Gasteiger partial charge >= 0.3 is 0 Å². The third kappa shape index (κ3) is 17.2. The van der Waals surface area contributed by atoms with E-state index < -0.39 is 60.3 Å². The van der Waals surface area contributed by atoms with Crippen LogP contribution in [0.25, 0.3) is 111 Å². The summed E-state index contributed by atoms with van der Waals surface area (Å²) in [5.74, 6) is -0.883. The van der Waals surface area contributed by atoms with Gasteiger partial charge in [-0.1, -0.05) is 19.3 Å². The van der Waals surface area contributed by atoms with Gasteiger partial charge in [0, 0.05) is 129 Å². The van der Waals surface area contributed by atoms with E-state index in [1.54, 1.807) is 63.6 Å². The molecule has 640 valence electrons. The first-order valence-electron chi connectivity index (χ1n) is 41.4. The molecule has 15 aromatic heterocycles. The SMILES string of the molecule is N#CCC(C1C(O)CCC1O)n1cc(-c2ncnc3[nH]ccc23)cn1.N#CCC(C1CC(O)CC1O)n1cc(-c2ncnc3[nH]ccc23)cn1.N#CCC(C1CCC(O)C1O)n1cc(-c2ncnc3[nH]ccc23)cn1.N#CCC(C1CCCC1O)n1[nH]cc(-c2ncnc3[nH]ccc23)c1=O.N#CCC(n1[nH]cc(-c2ncnc3[nH]ccc23)c1=O)C1(O)CCCC1. The van der Waals surface area contributed by atoms with Gasteiger partial charge < -0.3 is 76.0 Å². The van der Waals surface area contributed by atoms with E-state index >= 15 is 0 Å². The molecule has 0 amide bonds. The van der Waals surface area contributed by atoms with Crippen molar-refractivity contribution in [3.05, 3.63) is 163 Å². The average molecular weight is 1690 g/mol. The summed E-state index contributed by atoms with van der Waals surface area (Å²) >= 11 is 0. The van der Waals surface area contributed by atoms with Crippen molar-refractivity contribution in [2.75, 3.05) is 0 Å². The molecule has 40 nitrogen and oxygen atoms in total. The van der Waals surface area contributed by atoms with Crippen LogP contribution in [0.1, 0.15) is 146 Å². The number of hydrogen-bond acceptors (Lipinski definition) is 28. The second-order valence-corrected chi connectivity index (χ2v) is 32.2. The standard InChI is InChI=1S/5C17H18N6O2/c18-3-1-14(13-5-11(24)6-15(13)25)23-8-10(7-22-23)16-12-2-4-19-17(12)21-9-20-16;18-5-3-12(15-13(24)1-2-14(15)25)23-8-10(7-22-23)16-11-4-6-19-17(11)21-9-20-16;18-5-3-13(11-1-2-14(24)16(11)25)23-8-10(7-22-23)15-12-4-6-19-17(12)21-9-20-15;18-7-3-13(17(25)5-1-2-6-17)23-16(24)12(9-22-23)14-11-4-8-19-15(11)21-10-20-14;18-6-4-13(10-2-1-3-14(10)24)23-17(25)12(8-22-23)15-11-5-7-19-16(11)21-9-20-15/h2,4,7-9,11,13-15,24-25H,1,5-6H2,(H,19,20,21);4,6-9,12-15,24-25H,1-3H2,(H,19,20,21);4,6-9,11,13-14,16,24-25H,1-3H2,(H,19,20,21);4,8-10,13,22,25H,1-3,5-6H2,(H,19,20,21);5,7-10,13-14,22,24H,1-4H2,(H,19,20,21). The fourth-order valence-corrected chi connectivity index (χ4v) is 18.8.